The summed E-state index contributed by atoms with van der Waals surface area (Å²) in [6.45, 7) is 10.4. The lowest BCUT2D eigenvalue weighted by Gasteiger charge is -2.36. The lowest BCUT2D eigenvalue weighted by atomic mass is 9.92. The normalized spacial score (nSPS) is 27.8. The number of carbonyl (C=O) groups is 1. The third-order valence-electron chi connectivity index (χ3n) is 3.26. The topological polar surface area (TPSA) is 58.4 Å². The Morgan fingerprint density at radius 1 is 1.41 bits per heavy atom. The van der Waals surface area contributed by atoms with Crippen LogP contribution in [-0.2, 0) is 4.79 Å². The number of hydrogen-bond acceptors (Lipinski definition) is 3. The van der Waals surface area contributed by atoms with E-state index in [0.717, 1.165) is 31.5 Å². The largest absolute Gasteiger partial charge is 0.352 e. The van der Waals surface area contributed by atoms with E-state index in [9.17, 15) is 4.79 Å². The zero-order valence-electron chi connectivity index (χ0n) is 11.4. The predicted molar refractivity (Wildman–Crippen MR) is 70.7 cm³/mol. The van der Waals surface area contributed by atoms with E-state index in [-0.39, 0.29) is 11.9 Å². The second-order valence-corrected chi connectivity index (χ2v) is 5.67. The van der Waals surface area contributed by atoms with E-state index in [0.29, 0.717) is 13.0 Å². The Kier molecular flexibility index (Phi) is 5.92. The number of likely N-dealkylation sites (tertiary alicyclic amines) is 1. The fourth-order valence-electron chi connectivity index (χ4n) is 2.85. The molecular weight excluding hydrogens is 214 g/mol. The van der Waals surface area contributed by atoms with Gasteiger partial charge in [0.25, 0.3) is 0 Å². The van der Waals surface area contributed by atoms with E-state index in [1.165, 1.54) is 6.42 Å². The fourth-order valence-corrected chi connectivity index (χ4v) is 2.85. The highest BCUT2D eigenvalue weighted by Gasteiger charge is 2.23. The molecule has 1 heterocycles. The highest BCUT2D eigenvalue weighted by Crippen LogP contribution is 2.20. The Bertz CT molecular complexity index is 235. The first-order valence-corrected chi connectivity index (χ1v) is 6.73. The van der Waals surface area contributed by atoms with E-state index in [1.54, 1.807) is 0 Å². The molecule has 17 heavy (non-hydrogen) atoms. The molecule has 3 unspecified atom stereocenters. The van der Waals surface area contributed by atoms with Crippen molar-refractivity contribution < 1.29 is 4.79 Å². The molecular formula is C13H27N3O. The van der Waals surface area contributed by atoms with Gasteiger partial charge in [0.2, 0.25) is 5.91 Å². The molecule has 0 aromatic heterocycles. The number of rotatable bonds is 5. The quantitative estimate of drug-likeness (QED) is 0.749. The molecule has 0 spiro atoms. The molecule has 0 aromatic rings. The molecule has 0 aromatic carbocycles. The molecule has 1 saturated heterocycles. The molecule has 1 aliphatic rings. The molecule has 1 fully saturated rings. The van der Waals surface area contributed by atoms with E-state index >= 15 is 0 Å². The maximum absolute atomic E-state index is 11.4. The van der Waals surface area contributed by atoms with Gasteiger partial charge in [-0.2, -0.15) is 0 Å². The second-order valence-electron chi connectivity index (χ2n) is 5.67. The lowest BCUT2D eigenvalue weighted by Crippen LogP contribution is -2.47. The Balaban J connectivity index is 2.30. The number of piperidine rings is 1. The van der Waals surface area contributed by atoms with Crippen molar-refractivity contribution in [1.82, 2.24) is 10.2 Å². The van der Waals surface area contributed by atoms with Crippen molar-refractivity contribution in [2.24, 2.45) is 17.6 Å². The maximum atomic E-state index is 11.4. The highest BCUT2D eigenvalue weighted by molar-refractivity contribution is 5.76. The number of hydrogen-bond donors (Lipinski definition) is 2. The minimum absolute atomic E-state index is 0.0677. The van der Waals surface area contributed by atoms with Crippen molar-refractivity contribution in [3.05, 3.63) is 0 Å². The van der Waals surface area contributed by atoms with Gasteiger partial charge in [0.05, 0.1) is 0 Å². The van der Waals surface area contributed by atoms with Crippen LogP contribution in [0.4, 0.5) is 0 Å². The first-order valence-electron chi connectivity index (χ1n) is 6.73. The number of nitrogens with two attached hydrogens (primary N) is 1. The van der Waals surface area contributed by atoms with Crippen LogP contribution >= 0.6 is 0 Å². The zero-order chi connectivity index (χ0) is 12.8. The summed E-state index contributed by atoms with van der Waals surface area (Å²) in [4.78, 5) is 13.9. The van der Waals surface area contributed by atoms with Gasteiger partial charge >= 0.3 is 0 Å². The average molecular weight is 241 g/mol. The summed E-state index contributed by atoms with van der Waals surface area (Å²) in [5, 5.41) is 3.00. The molecule has 4 nitrogen and oxygen atoms in total. The Morgan fingerprint density at radius 2 is 2.00 bits per heavy atom. The summed E-state index contributed by atoms with van der Waals surface area (Å²) in [5.41, 5.74) is 5.35. The molecule has 1 amide bonds. The summed E-state index contributed by atoms with van der Waals surface area (Å²) in [7, 11) is 0. The Hall–Kier alpha value is -0.610. The summed E-state index contributed by atoms with van der Waals surface area (Å²) in [6, 6.07) is 0.214. The highest BCUT2D eigenvalue weighted by atomic mass is 16.1. The molecule has 0 radical (unpaired) electrons. The SMILES string of the molecule is CC1CC(C)CN(CC(C)NC(=O)CCN)C1. The number of nitrogens with one attached hydrogen (secondary N) is 1. The van der Waals surface area contributed by atoms with Gasteiger partial charge in [-0.25, -0.2) is 0 Å². The van der Waals surface area contributed by atoms with Crippen molar-refractivity contribution in [3.8, 4) is 0 Å². The van der Waals surface area contributed by atoms with Gasteiger partial charge in [-0.05, 0) is 25.2 Å². The van der Waals surface area contributed by atoms with Crippen molar-refractivity contribution in [2.45, 2.75) is 39.7 Å². The van der Waals surface area contributed by atoms with Crippen molar-refractivity contribution in [2.75, 3.05) is 26.2 Å². The first kappa shape index (κ1) is 14.5. The molecule has 0 saturated carbocycles. The molecule has 3 atom stereocenters. The van der Waals surface area contributed by atoms with Gasteiger partial charge in [0, 0.05) is 38.6 Å². The molecule has 1 rings (SSSR count). The standard InChI is InChI=1S/C13H27N3O/c1-10-6-11(2)8-16(7-10)9-12(3)15-13(17)4-5-14/h10-12H,4-9,14H2,1-3H3,(H,15,17). The average Bonchev–Trinajstić information content (AvgIpc) is 2.14. The van der Waals surface area contributed by atoms with Gasteiger partial charge in [-0.15, -0.1) is 0 Å². The Labute approximate surface area is 105 Å². The molecule has 0 aliphatic carbocycles. The van der Waals surface area contributed by atoms with Crippen LogP contribution in [0.25, 0.3) is 0 Å². The van der Waals surface area contributed by atoms with Gasteiger partial charge < -0.3 is 16.0 Å². The molecule has 1 aliphatic heterocycles. The van der Waals surface area contributed by atoms with E-state index < -0.39 is 0 Å². The van der Waals surface area contributed by atoms with Crippen molar-refractivity contribution in [1.29, 1.82) is 0 Å². The van der Waals surface area contributed by atoms with E-state index in [2.05, 4.69) is 31.0 Å². The summed E-state index contributed by atoms with van der Waals surface area (Å²) >= 11 is 0. The summed E-state index contributed by atoms with van der Waals surface area (Å²) < 4.78 is 0. The predicted octanol–water partition coefficient (Wildman–Crippen LogP) is 0.818. The van der Waals surface area contributed by atoms with E-state index in [1.807, 2.05) is 0 Å². The Morgan fingerprint density at radius 3 is 2.53 bits per heavy atom. The van der Waals surface area contributed by atoms with Crippen LogP contribution in [0.3, 0.4) is 0 Å². The minimum Gasteiger partial charge on any atom is -0.352 e. The van der Waals surface area contributed by atoms with Gasteiger partial charge in [0.1, 0.15) is 0 Å². The zero-order valence-corrected chi connectivity index (χ0v) is 11.4. The molecule has 0 bridgehead atoms. The van der Waals surface area contributed by atoms with Crippen LogP contribution in [0.2, 0.25) is 0 Å². The number of amides is 1. The van der Waals surface area contributed by atoms with Crippen LogP contribution in [0, 0.1) is 11.8 Å². The van der Waals surface area contributed by atoms with Crippen molar-refractivity contribution >= 4 is 5.91 Å². The van der Waals surface area contributed by atoms with Crippen molar-refractivity contribution in [3.63, 3.8) is 0 Å². The maximum Gasteiger partial charge on any atom is 0.221 e. The van der Waals surface area contributed by atoms with Crippen LogP contribution in [0.5, 0.6) is 0 Å². The van der Waals surface area contributed by atoms with E-state index in [4.69, 9.17) is 5.73 Å². The van der Waals surface area contributed by atoms with Crippen LogP contribution in [0.1, 0.15) is 33.6 Å². The minimum atomic E-state index is 0.0677. The van der Waals surface area contributed by atoms with Crippen LogP contribution in [0.15, 0.2) is 0 Å². The third kappa shape index (κ3) is 5.50. The third-order valence-corrected chi connectivity index (χ3v) is 3.26. The number of nitrogens with zero attached hydrogens (tertiary/aromatic N) is 1. The molecule has 3 N–H and O–H groups in total. The first-order chi connectivity index (χ1) is 8.01. The summed E-state index contributed by atoms with van der Waals surface area (Å²) in [5.74, 6) is 1.61. The van der Waals surface area contributed by atoms with Gasteiger partial charge in [-0.3, -0.25) is 4.79 Å². The molecule has 4 heteroatoms. The fraction of sp³-hybridized carbons (Fsp3) is 0.923. The summed E-state index contributed by atoms with van der Waals surface area (Å²) in [6.07, 6.45) is 1.75. The monoisotopic (exact) mass is 241 g/mol. The smallest absolute Gasteiger partial charge is 0.221 e. The lowest BCUT2D eigenvalue weighted by molar-refractivity contribution is -0.121. The van der Waals surface area contributed by atoms with Gasteiger partial charge in [-0.1, -0.05) is 13.8 Å². The van der Waals surface area contributed by atoms with Crippen LogP contribution < -0.4 is 11.1 Å². The number of carbonyl (C=O) groups excluding carboxylic acids is 1. The van der Waals surface area contributed by atoms with Crippen LogP contribution in [-0.4, -0.2) is 43.0 Å². The molecule has 100 valence electrons. The van der Waals surface area contributed by atoms with Gasteiger partial charge in [0.15, 0.2) is 0 Å². The second kappa shape index (κ2) is 6.97.